The van der Waals surface area contributed by atoms with Crippen LogP contribution in [-0.2, 0) is 0 Å². The number of anilines is 1. The highest BCUT2D eigenvalue weighted by Crippen LogP contribution is 2.22. The van der Waals surface area contributed by atoms with Crippen LogP contribution in [0.2, 0.25) is 0 Å². The average Bonchev–Trinajstić information content (AvgIpc) is 2.39. The van der Waals surface area contributed by atoms with Gasteiger partial charge in [0.2, 0.25) is 0 Å². The van der Waals surface area contributed by atoms with Gasteiger partial charge in [-0.15, -0.1) is 0 Å². The largest absolute Gasteiger partial charge is 0.345 e. The summed E-state index contributed by atoms with van der Waals surface area (Å²) in [4.78, 5) is 2.10. The molecule has 0 saturated carbocycles. The summed E-state index contributed by atoms with van der Waals surface area (Å²) in [5.74, 6) is 0. The molecule has 0 radical (unpaired) electrons. The molecule has 0 fully saturated rings. The highest BCUT2D eigenvalue weighted by molar-refractivity contribution is 5.77. The van der Waals surface area contributed by atoms with Crippen molar-refractivity contribution in [1.82, 2.24) is 0 Å². The van der Waals surface area contributed by atoms with E-state index in [9.17, 15) is 0 Å². The Labute approximate surface area is 103 Å². The van der Waals surface area contributed by atoms with Gasteiger partial charge in [-0.05, 0) is 24.6 Å². The van der Waals surface area contributed by atoms with Gasteiger partial charge in [0.05, 0.1) is 0 Å². The first kappa shape index (κ1) is 11.5. The third-order valence-corrected chi connectivity index (χ3v) is 2.93. The molecule has 0 amide bonds. The Balaban J connectivity index is 2.23. The Morgan fingerprint density at radius 2 is 1.53 bits per heavy atom. The predicted molar refractivity (Wildman–Crippen MR) is 75.1 cm³/mol. The summed E-state index contributed by atoms with van der Waals surface area (Å²) in [5.41, 5.74) is 4.58. The van der Waals surface area contributed by atoms with E-state index in [-0.39, 0.29) is 0 Å². The van der Waals surface area contributed by atoms with Gasteiger partial charge in [-0.3, -0.25) is 0 Å². The highest BCUT2D eigenvalue weighted by Gasteiger charge is 2.06. The summed E-state index contributed by atoms with van der Waals surface area (Å²) in [6, 6.07) is 18.7. The highest BCUT2D eigenvalue weighted by atomic mass is 15.1. The van der Waals surface area contributed by atoms with Gasteiger partial charge < -0.3 is 4.90 Å². The van der Waals surface area contributed by atoms with Crippen LogP contribution >= 0.6 is 0 Å². The monoisotopic (exact) mass is 223 g/mol. The maximum Gasteiger partial charge on any atom is 0.0408 e. The molecule has 0 spiro atoms. The third kappa shape index (κ3) is 2.56. The smallest absolute Gasteiger partial charge is 0.0408 e. The van der Waals surface area contributed by atoms with Crippen LogP contribution in [0.25, 0.3) is 5.70 Å². The van der Waals surface area contributed by atoms with Gasteiger partial charge in [0, 0.05) is 18.4 Å². The van der Waals surface area contributed by atoms with Crippen molar-refractivity contribution in [2.45, 2.75) is 6.92 Å². The fourth-order valence-electron chi connectivity index (χ4n) is 1.75. The Bertz CT molecular complexity index is 497. The minimum Gasteiger partial charge on any atom is -0.345 e. The van der Waals surface area contributed by atoms with E-state index in [1.54, 1.807) is 0 Å². The molecule has 2 aromatic rings. The molecular weight excluding hydrogens is 206 g/mol. The molecule has 0 unspecified atom stereocenters. The van der Waals surface area contributed by atoms with Crippen molar-refractivity contribution in [1.29, 1.82) is 0 Å². The van der Waals surface area contributed by atoms with Gasteiger partial charge in [0.25, 0.3) is 0 Å². The standard InChI is InChI=1S/C16H17N/c1-13-9-11-15(12-10-13)14(2)17(3)16-7-5-4-6-8-16/h4-12H,2H2,1,3H3. The molecule has 0 aromatic heterocycles. The molecule has 0 bridgehead atoms. The van der Waals surface area contributed by atoms with Crippen LogP contribution in [-0.4, -0.2) is 7.05 Å². The van der Waals surface area contributed by atoms with E-state index in [4.69, 9.17) is 0 Å². The number of hydrogen-bond acceptors (Lipinski definition) is 1. The molecule has 2 aromatic carbocycles. The van der Waals surface area contributed by atoms with Crippen molar-refractivity contribution < 1.29 is 0 Å². The SMILES string of the molecule is C=C(c1ccc(C)cc1)N(C)c1ccccc1. The fourth-order valence-corrected chi connectivity index (χ4v) is 1.75. The van der Waals surface area contributed by atoms with E-state index in [1.165, 1.54) is 5.56 Å². The molecule has 1 heteroatoms. The lowest BCUT2D eigenvalue weighted by molar-refractivity contribution is 1.22. The minimum atomic E-state index is 1.01. The lowest BCUT2D eigenvalue weighted by atomic mass is 10.1. The van der Waals surface area contributed by atoms with Gasteiger partial charge in [0.15, 0.2) is 0 Å². The number of aryl methyl sites for hydroxylation is 1. The first-order chi connectivity index (χ1) is 8.18. The van der Waals surface area contributed by atoms with Gasteiger partial charge in [-0.25, -0.2) is 0 Å². The van der Waals surface area contributed by atoms with Crippen LogP contribution in [0.5, 0.6) is 0 Å². The normalized spacial score (nSPS) is 10.0. The zero-order valence-electron chi connectivity index (χ0n) is 10.4. The fraction of sp³-hybridized carbons (Fsp3) is 0.125. The van der Waals surface area contributed by atoms with E-state index in [1.807, 2.05) is 25.2 Å². The zero-order valence-corrected chi connectivity index (χ0v) is 10.4. The second-order valence-electron chi connectivity index (χ2n) is 4.21. The Morgan fingerprint density at radius 3 is 2.12 bits per heavy atom. The summed E-state index contributed by atoms with van der Waals surface area (Å²) >= 11 is 0. The summed E-state index contributed by atoms with van der Waals surface area (Å²) in [7, 11) is 2.04. The van der Waals surface area contributed by atoms with E-state index in [2.05, 4.69) is 54.8 Å². The third-order valence-electron chi connectivity index (χ3n) is 2.93. The number of rotatable bonds is 3. The van der Waals surface area contributed by atoms with Crippen LogP contribution in [0.4, 0.5) is 5.69 Å². The number of para-hydroxylation sites is 1. The van der Waals surface area contributed by atoms with Crippen LogP contribution in [0.15, 0.2) is 61.2 Å². The van der Waals surface area contributed by atoms with Crippen molar-refractivity contribution >= 4 is 11.4 Å². The summed E-state index contributed by atoms with van der Waals surface area (Å²) < 4.78 is 0. The van der Waals surface area contributed by atoms with E-state index in [0.29, 0.717) is 0 Å². The molecule has 0 aliphatic rings. The van der Waals surface area contributed by atoms with Gasteiger partial charge >= 0.3 is 0 Å². The number of hydrogen-bond donors (Lipinski definition) is 0. The summed E-state index contributed by atoms with van der Waals surface area (Å²) in [6.07, 6.45) is 0. The second-order valence-corrected chi connectivity index (χ2v) is 4.21. The molecule has 0 aliphatic heterocycles. The second kappa shape index (κ2) is 4.88. The molecule has 1 nitrogen and oxygen atoms in total. The van der Waals surface area contributed by atoms with Gasteiger partial charge in [-0.1, -0.05) is 54.6 Å². The molecule has 0 heterocycles. The molecule has 0 saturated heterocycles. The van der Waals surface area contributed by atoms with Gasteiger partial charge in [0.1, 0.15) is 0 Å². The number of benzene rings is 2. The molecule has 2 rings (SSSR count). The maximum atomic E-state index is 4.16. The van der Waals surface area contributed by atoms with Crippen molar-refractivity contribution in [2.75, 3.05) is 11.9 Å². The van der Waals surface area contributed by atoms with Crippen LogP contribution in [0.3, 0.4) is 0 Å². The molecule has 0 atom stereocenters. The number of nitrogens with zero attached hydrogens (tertiary/aromatic N) is 1. The lowest BCUT2D eigenvalue weighted by Gasteiger charge is -2.22. The molecular formula is C16H17N. The van der Waals surface area contributed by atoms with Crippen LogP contribution in [0, 0.1) is 6.92 Å². The summed E-state index contributed by atoms with van der Waals surface area (Å²) in [6.45, 7) is 6.25. The van der Waals surface area contributed by atoms with Crippen molar-refractivity contribution in [3.8, 4) is 0 Å². The van der Waals surface area contributed by atoms with Gasteiger partial charge in [-0.2, -0.15) is 0 Å². The Morgan fingerprint density at radius 1 is 0.941 bits per heavy atom. The lowest BCUT2D eigenvalue weighted by Crippen LogP contribution is -2.14. The van der Waals surface area contributed by atoms with E-state index in [0.717, 1.165) is 16.9 Å². The minimum absolute atomic E-state index is 1.01. The maximum absolute atomic E-state index is 4.16. The van der Waals surface area contributed by atoms with Crippen LogP contribution < -0.4 is 4.90 Å². The first-order valence-electron chi connectivity index (χ1n) is 5.73. The molecule has 0 N–H and O–H groups in total. The Hall–Kier alpha value is -2.02. The molecule has 86 valence electrons. The predicted octanol–water partition coefficient (Wildman–Crippen LogP) is 4.10. The van der Waals surface area contributed by atoms with E-state index >= 15 is 0 Å². The van der Waals surface area contributed by atoms with Crippen molar-refractivity contribution in [3.05, 3.63) is 72.3 Å². The van der Waals surface area contributed by atoms with Crippen LogP contribution in [0.1, 0.15) is 11.1 Å². The van der Waals surface area contributed by atoms with Crippen molar-refractivity contribution in [2.24, 2.45) is 0 Å². The molecule has 17 heavy (non-hydrogen) atoms. The Kier molecular flexibility index (Phi) is 3.29. The zero-order chi connectivity index (χ0) is 12.3. The van der Waals surface area contributed by atoms with E-state index < -0.39 is 0 Å². The topological polar surface area (TPSA) is 3.24 Å². The van der Waals surface area contributed by atoms with Crippen molar-refractivity contribution in [3.63, 3.8) is 0 Å². The first-order valence-corrected chi connectivity index (χ1v) is 5.73. The summed E-state index contributed by atoms with van der Waals surface area (Å²) in [5, 5.41) is 0. The quantitative estimate of drug-likeness (QED) is 0.757. The molecule has 0 aliphatic carbocycles. The average molecular weight is 223 g/mol.